The summed E-state index contributed by atoms with van der Waals surface area (Å²) in [5.41, 5.74) is 2.69. The van der Waals surface area contributed by atoms with E-state index in [0.29, 0.717) is 23.0 Å². The number of methoxy groups -OCH3 is 1. The molecule has 4 rings (SSSR count). The van der Waals surface area contributed by atoms with Crippen LogP contribution < -0.4 is 9.47 Å². The van der Waals surface area contributed by atoms with Gasteiger partial charge in [0.25, 0.3) is 0 Å². The fourth-order valence-corrected chi connectivity index (χ4v) is 3.87. The Morgan fingerprint density at radius 1 is 1.04 bits per heavy atom. The number of benzene rings is 2. The number of carbonyl (C=O) groups is 1. The lowest BCUT2D eigenvalue weighted by Crippen LogP contribution is -1.98. The van der Waals surface area contributed by atoms with E-state index in [0.717, 1.165) is 21.6 Å². The quantitative estimate of drug-likeness (QED) is 0.588. The van der Waals surface area contributed by atoms with Crippen LogP contribution in [0.15, 0.2) is 76.8 Å². The first-order valence-electron chi connectivity index (χ1n) is 8.47. The normalized spacial score (nSPS) is 14.3. The molecule has 2 aromatic carbocycles. The Balaban J connectivity index is 1.54. The highest BCUT2D eigenvalue weighted by atomic mass is 32.2. The maximum Gasteiger partial charge on any atom is 0.200 e. The molecule has 2 heterocycles. The zero-order chi connectivity index (χ0) is 18.6. The minimum atomic E-state index is 0.0626. The summed E-state index contributed by atoms with van der Waals surface area (Å²) < 4.78 is 11.3. The van der Waals surface area contributed by atoms with Gasteiger partial charge < -0.3 is 9.47 Å². The molecule has 0 aliphatic carbocycles. The van der Waals surface area contributed by atoms with Crippen molar-refractivity contribution in [3.8, 4) is 11.5 Å². The number of fused-ring (bicyclic) bond motifs is 1. The van der Waals surface area contributed by atoms with E-state index >= 15 is 0 Å². The Morgan fingerprint density at radius 2 is 1.85 bits per heavy atom. The molecule has 0 amide bonds. The molecule has 0 N–H and O–H groups in total. The van der Waals surface area contributed by atoms with Crippen molar-refractivity contribution in [2.45, 2.75) is 11.5 Å². The first-order valence-corrected chi connectivity index (χ1v) is 9.29. The van der Waals surface area contributed by atoms with Crippen LogP contribution in [0.5, 0.6) is 11.5 Å². The summed E-state index contributed by atoms with van der Waals surface area (Å²) in [5.74, 6) is 1.35. The molecule has 5 heteroatoms. The highest BCUT2D eigenvalue weighted by molar-refractivity contribution is 8.04. The van der Waals surface area contributed by atoms with E-state index < -0.39 is 0 Å². The summed E-state index contributed by atoms with van der Waals surface area (Å²) in [5, 5.41) is 0. The largest absolute Gasteiger partial charge is 0.493 e. The molecule has 0 atom stereocenters. The van der Waals surface area contributed by atoms with Crippen molar-refractivity contribution >= 4 is 23.6 Å². The smallest absolute Gasteiger partial charge is 0.200 e. The monoisotopic (exact) mass is 375 g/mol. The van der Waals surface area contributed by atoms with Gasteiger partial charge in [-0.1, -0.05) is 30.0 Å². The second kappa shape index (κ2) is 7.68. The number of rotatable bonds is 5. The topological polar surface area (TPSA) is 48.4 Å². The van der Waals surface area contributed by atoms with Gasteiger partial charge in [0.2, 0.25) is 5.78 Å². The predicted molar refractivity (Wildman–Crippen MR) is 106 cm³/mol. The average Bonchev–Trinajstić information content (AvgIpc) is 3.03. The zero-order valence-corrected chi connectivity index (χ0v) is 15.5. The highest BCUT2D eigenvalue weighted by Gasteiger charge is 2.25. The molecular formula is C22H17NO3S. The third kappa shape index (κ3) is 3.73. The van der Waals surface area contributed by atoms with Crippen molar-refractivity contribution in [3.05, 3.63) is 88.6 Å². The summed E-state index contributed by atoms with van der Waals surface area (Å²) in [6.07, 6.45) is 5.36. The molecule has 0 spiro atoms. The molecular weight excluding hydrogens is 358 g/mol. The van der Waals surface area contributed by atoms with Gasteiger partial charge in [-0.05, 0) is 53.6 Å². The molecule has 0 bridgehead atoms. The fraction of sp³-hybridized carbons (Fsp3) is 0.0909. The van der Waals surface area contributed by atoms with Gasteiger partial charge in [-0.25, -0.2) is 0 Å². The van der Waals surface area contributed by atoms with E-state index in [2.05, 4.69) is 4.98 Å². The molecule has 1 aromatic heterocycles. The second-order valence-electron chi connectivity index (χ2n) is 5.99. The van der Waals surface area contributed by atoms with Crippen LogP contribution >= 0.6 is 11.8 Å². The Labute approximate surface area is 161 Å². The van der Waals surface area contributed by atoms with Crippen molar-refractivity contribution < 1.29 is 14.3 Å². The highest BCUT2D eigenvalue weighted by Crippen LogP contribution is 2.41. The SMILES string of the molecule is COc1cc(/C=C2\Sc3ccccc3C2=O)ccc1OCc1ccncc1. The van der Waals surface area contributed by atoms with Crippen molar-refractivity contribution in [2.24, 2.45) is 0 Å². The van der Waals surface area contributed by atoms with Gasteiger partial charge in [0.15, 0.2) is 11.5 Å². The van der Waals surface area contributed by atoms with Gasteiger partial charge in [0.1, 0.15) is 6.61 Å². The van der Waals surface area contributed by atoms with Gasteiger partial charge in [-0.15, -0.1) is 0 Å². The van der Waals surface area contributed by atoms with E-state index in [9.17, 15) is 4.79 Å². The summed E-state index contributed by atoms with van der Waals surface area (Å²) >= 11 is 1.50. The molecule has 0 fully saturated rings. The van der Waals surface area contributed by atoms with Crippen molar-refractivity contribution in [3.63, 3.8) is 0 Å². The number of carbonyl (C=O) groups excluding carboxylic acids is 1. The van der Waals surface area contributed by atoms with Crippen LogP contribution in [0.4, 0.5) is 0 Å². The summed E-state index contributed by atoms with van der Waals surface area (Å²) in [7, 11) is 1.61. The lowest BCUT2D eigenvalue weighted by molar-refractivity contribution is 0.104. The van der Waals surface area contributed by atoms with Crippen LogP contribution in [0.3, 0.4) is 0 Å². The van der Waals surface area contributed by atoms with Crippen LogP contribution in [0.25, 0.3) is 6.08 Å². The van der Waals surface area contributed by atoms with E-state index in [4.69, 9.17) is 9.47 Å². The zero-order valence-electron chi connectivity index (χ0n) is 14.7. The second-order valence-corrected chi connectivity index (χ2v) is 7.07. The van der Waals surface area contributed by atoms with E-state index in [1.807, 2.05) is 60.7 Å². The molecule has 3 aromatic rings. The van der Waals surface area contributed by atoms with Crippen molar-refractivity contribution in [1.82, 2.24) is 4.98 Å². The van der Waals surface area contributed by atoms with Gasteiger partial charge in [-0.3, -0.25) is 9.78 Å². The van der Waals surface area contributed by atoms with E-state index in [1.54, 1.807) is 19.5 Å². The molecule has 0 radical (unpaired) electrons. The number of aromatic nitrogens is 1. The van der Waals surface area contributed by atoms with Gasteiger partial charge >= 0.3 is 0 Å². The first kappa shape index (κ1) is 17.4. The van der Waals surface area contributed by atoms with Crippen molar-refractivity contribution in [2.75, 3.05) is 7.11 Å². The van der Waals surface area contributed by atoms with Gasteiger partial charge in [0, 0.05) is 22.9 Å². The van der Waals surface area contributed by atoms with Crippen LogP contribution in [0.2, 0.25) is 0 Å². The van der Waals surface area contributed by atoms with Crippen LogP contribution in [0.1, 0.15) is 21.5 Å². The lowest BCUT2D eigenvalue weighted by atomic mass is 10.1. The summed E-state index contributed by atoms with van der Waals surface area (Å²) in [6.45, 7) is 0.433. The number of hydrogen-bond acceptors (Lipinski definition) is 5. The van der Waals surface area contributed by atoms with E-state index in [1.165, 1.54) is 11.8 Å². The summed E-state index contributed by atoms with van der Waals surface area (Å²) in [4.78, 5) is 18.2. The molecule has 1 aliphatic heterocycles. The number of hydrogen-bond donors (Lipinski definition) is 0. The average molecular weight is 375 g/mol. The van der Waals surface area contributed by atoms with Crippen molar-refractivity contribution in [1.29, 1.82) is 0 Å². The number of allylic oxidation sites excluding steroid dienone is 1. The van der Waals surface area contributed by atoms with E-state index in [-0.39, 0.29) is 5.78 Å². The predicted octanol–water partition coefficient (Wildman–Crippen LogP) is 5.00. The van der Waals surface area contributed by atoms with Crippen LogP contribution in [-0.4, -0.2) is 17.9 Å². The molecule has 4 nitrogen and oxygen atoms in total. The van der Waals surface area contributed by atoms with Gasteiger partial charge in [-0.2, -0.15) is 0 Å². The molecule has 0 saturated carbocycles. The number of ketones is 1. The van der Waals surface area contributed by atoms with Crippen LogP contribution in [0, 0.1) is 0 Å². The number of pyridine rings is 1. The number of nitrogens with zero attached hydrogens (tertiary/aromatic N) is 1. The van der Waals surface area contributed by atoms with Gasteiger partial charge in [0.05, 0.1) is 12.0 Å². The minimum Gasteiger partial charge on any atom is -0.493 e. The molecule has 0 saturated heterocycles. The summed E-state index contributed by atoms with van der Waals surface area (Å²) in [6, 6.07) is 17.1. The number of thioether (sulfide) groups is 1. The maximum atomic E-state index is 12.5. The van der Waals surface area contributed by atoms with Crippen LogP contribution in [-0.2, 0) is 6.61 Å². The maximum absolute atomic E-state index is 12.5. The lowest BCUT2D eigenvalue weighted by Gasteiger charge is -2.11. The number of Topliss-reactive ketones (excluding diaryl/α,β-unsaturated/α-hetero) is 1. The fourth-order valence-electron chi connectivity index (χ4n) is 2.82. The number of ether oxygens (including phenoxy) is 2. The molecule has 0 unspecified atom stereocenters. The Kier molecular flexibility index (Phi) is 4.94. The Hall–Kier alpha value is -3.05. The first-order chi connectivity index (χ1) is 13.2. The third-order valence-corrected chi connectivity index (χ3v) is 5.30. The third-order valence-electron chi connectivity index (χ3n) is 4.20. The standard InChI is InChI=1S/C22H17NO3S/c1-25-19-12-16(6-7-18(19)26-14-15-8-10-23-11-9-15)13-21-22(24)17-4-2-3-5-20(17)27-21/h2-13H,14H2,1H3/b21-13-. The Morgan fingerprint density at radius 3 is 2.63 bits per heavy atom. The Bertz CT molecular complexity index is 1020. The molecule has 27 heavy (non-hydrogen) atoms. The molecule has 1 aliphatic rings. The minimum absolute atomic E-state index is 0.0626. The molecule has 134 valence electrons.